The number of alkyl halides is 3. The van der Waals surface area contributed by atoms with Gasteiger partial charge in [-0.05, 0) is 37.6 Å². The molecule has 0 radical (unpaired) electrons. The predicted molar refractivity (Wildman–Crippen MR) is 59.7 cm³/mol. The van der Waals surface area contributed by atoms with Gasteiger partial charge < -0.3 is 5.32 Å². The van der Waals surface area contributed by atoms with E-state index < -0.39 is 20.2 Å². The summed E-state index contributed by atoms with van der Waals surface area (Å²) in [4.78, 5) is -0.700. The highest BCUT2D eigenvalue weighted by atomic mass is 32.2. The number of nitrogens with one attached hydrogen (secondary N) is 1. The van der Waals surface area contributed by atoms with Crippen molar-refractivity contribution in [2.24, 2.45) is 0 Å². The monoisotopic (exact) mass is 279 g/mol. The summed E-state index contributed by atoms with van der Waals surface area (Å²) in [5.41, 5.74) is -5.05. The van der Waals surface area contributed by atoms with E-state index in [4.69, 9.17) is 0 Å². The minimum Gasteiger partial charge on any atom is -0.310 e. The van der Waals surface area contributed by atoms with E-state index in [1.165, 1.54) is 6.07 Å². The van der Waals surface area contributed by atoms with Gasteiger partial charge in [0.25, 0.3) is 9.84 Å². The van der Waals surface area contributed by atoms with E-state index in [0.29, 0.717) is 5.56 Å². The summed E-state index contributed by atoms with van der Waals surface area (Å²) in [6.07, 6.45) is 1.58. The number of hydrogen-bond acceptors (Lipinski definition) is 3. The second-order valence-corrected chi connectivity index (χ2v) is 6.25. The fourth-order valence-electron chi connectivity index (χ4n) is 1.90. The molecule has 0 bridgehead atoms. The Balaban J connectivity index is 2.47. The van der Waals surface area contributed by atoms with Gasteiger partial charge in [-0.15, -0.1) is 0 Å². The third-order valence-corrected chi connectivity index (χ3v) is 4.71. The van der Waals surface area contributed by atoms with Crippen LogP contribution in [-0.2, 0) is 15.4 Å². The first-order valence-electron chi connectivity index (χ1n) is 5.34. The zero-order chi connectivity index (χ0) is 13.6. The standard InChI is InChI=1S/C11H12F3NO2S/c1-15-10(5-6-10)8-3-2-4-9(7-8)18(16,17)11(12,13)14/h2-4,7,15H,5-6H2,1H3. The van der Waals surface area contributed by atoms with E-state index >= 15 is 0 Å². The molecule has 0 spiro atoms. The quantitative estimate of drug-likeness (QED) is 0.922. The highest BCUT2D eigenvalue weighted by molar-refractivity contribution is 7.92. The number of halogens is 3. The molecule has 1 aromatic carbocycles. The van der Waals surface area contributed by atoms with Crippen molar-refractivity contribution in [1.82, 2.24) is 5.32 Å². The lowest BCUT2D eigenvalue weighted by atomic mass is 10.1. The minimum atomic E-state index is -5.27. The summed E-state index contributed by atoms with van der Waals surface area (Å²) < 4.78 is 59.9. The first kappa shape index (κ1) is 13.4. The van der Waals surface area contributed by atoms with E-state index in [1.54, 1.807) is 13.1 Å². The SMILES string of the molecule is CNC1(c2cccc(S(=O)(=O)C(F)(F)F)c2)CC1. The Kier molecular flexibility index (Phi) is 2.94. The third-order valence-electron chi connectivity index (χ3n) is 3.23. The Morgan fingerprint density at radius 2 is 1.89 bits per heavy atom. The van der Waals surface area contributed by atoms with E-state index in [0.717, 1.165) is 25.0 Å². The van der Waals surface area contributed by atoms with Gasteiger partial charge in [0.2, 0.25) is 0 Å². The fourth-order valence-corrected chi connectivity index (χ4v) is 2.71. The molecule has 0 saturated heterocycles. The lowest BCUT2D eigenvalue weighted by Crippen LogP contribution is -2.26. The number of benzene rings is 1. The molecule has 0 aliphatic heterocycles. The molecule has 1 fully saturated rings. The highest BCUT2D eigenvalue weighted by Crippen LogP contribution is 2.45. The highest BCUT2D eigenvalue weighted by Gasteiger charge is 2.48. The molecule has 1 N–H and O–H groups in total. The fraction of sp³-hybridized carbons (Fsp3) is 0.455. The molecule has 1 saturated carbocycles. The minimum absolute atomic E-state index is 0.364. The molecule has 3 nitrogen and oxygen atoms in total. The topological polar surface area (TPSA) is 46.2 Å². The van der Waals surface area contributed by atoms with Gasteiger partial charge in [0.05, 0.1) is 4.90 Å². The van der Waals surface area contributed by atoms with E-state index in [9.17, 15) is 21.6 Å². The van der Waals surface area contributed by atoms with Crippen molar-refractivity contribution in [3.8, 4) is 0 Å². The van der Waals surface area contributed by atoms with Crippen LogP contribution in [0.15, 0.2) is 29.2 Å². The second kappa shape index (κ2) is 3.96. The van der Waals surface area contributed by atoms with Crippen LogP contribution in [0, 0.1) is 0 Å². The van der Waals surface area contributed by atoms with Gasteiger partial charge in [0, 0.05) is 5.54 Å². The number of sulfone groups is 1. The smallest absolute Gasteiger partial charge is 0.310 e. The van der Waals surface area contributed by atoms with Crippen LogP contribution in [0.1, 0.15) is 18.4 Å². The van der Waals surface area contributed by atoms with Crippen molar-refractivity contribution in [2.45, 2.75) is 28.8 Å². The first-order chi connectivity index (χ1) is 8.23. The molecule has 7 heteroatoms. The van der Waals surface area contributed by atoms with Crippen LogP contribution in [0.25, 0.3) is 0 Å². The zero-order valence-electron chi connectivity index (χ0n) is 9.58. The van der Waals surface area contributed by atoms with Crippen molar-refractivity contribution in [3.63, 3.8) is 0 Å². The Morgan fingerprint density at radius 1 is 1.28 bits per heavy atom. The maximum absolute atomic E-state index is 12.4. The maximum atomic E-state index is 12.4. The van der Waals surface area contributed by atoms with E-state index in [-0.39, 0.29) is 5.54 Å². The molecule has 0 atom stereocenters. The summed E-state index contributed by atoms with van der Waals surface area (Å²) in [5, 5.41) is 3.01. The molecular formula is C11H12F3NO2S. The molecule has 1 aliphatic rings. The summed E-state index contributed by atoms with van der Waals surface area (Å²) in [6.45, 7) is 0. The van der Waals surface area contributed by atoms with Gasteiger partial charge in [-0.25, -0.2) is 8.42 Å². The van der Waals surface area contributed by atoms with Gasteiger partial charge in [-0.3, -0.25) is 0 Å². The van der Waals surface area contributed by atoms with Crippen LogP contribution < -0.4 is 5.32 Å². The lowest BCUT2D eigenvalue weighted by molar-refractivity contribution is -0.0436. The Labute approximate surface area is 103 Å². The number of rotatable bonds is 3. The molecule has 0 heterocycles. The molecule has 100 valence electrons. The Hall–Kier alpha value is -1.08. The van der Waals surface area contributed by atoms with Crippen molar-refractivity contribution in [1.29, 1.82) is 0 Å². The average Bonchev–Trinajstić information content (AvgIpc) is 3.08. The lowest BCUT2D eigenvalue weighted by Gasteiger charge is -2.16. The van der Waals surface area contributed by atoms with Gasteiger partial charge in [-0.2, -0.15) is 13.2 Å². The maximum Gasteiger partial charge on any atom is 0.501 e. The molecule has 1 aliphatic carbocycles. The van der Waals surface area contributed by atoms with Gasteiger partial charge in [0.1, 0.15) is 0 Å². The second-order valence-electron chi connectivity index (χ2n) is 4.31. The average molecular weight is 279 g/mol. The molecule has 18 heavy (non-hydrogen) atoms. The van der Waals surface area contributed by atoms with E-state index in [2.05, 4.69) is 5.32 Å². The molecule has 0 aromatic heterocycles. The van der Waals surface area contributed by atoms with Crippen LogP contribution in [0.3, 0.4) is 0 Å². The van der Waals surface area contributed by atoms with Crippen LogP contribution in [0.5, 0.6) is 0 Å². The summed E-state index contributed by atoms with van der Waals surface area (Å²) >= 11 is 0. The normalized spacial score (nSPS) is 18.7. The largest absolute Gasteiger partial charge is 0.501 e. The van der Waals surface area contributed by atoms with Crippen molar-refractivity contribution >= 4 is 9.84 Å². The molecule has 1 aromatic rings. The van der Waals surface area contributed by atoms with Crippen LogP contribution in [-0.4, -0.2) is 21.0 Å². The van der Waals surface area contributed by atoms with Gasteiger partial charge in [-0.1, -0.05) is 12.1 Å². The predicted octanol–water partition coefficient (Wildman–Crippen LogP) is 2.19. The molecular weight excluding hydrogens is 267 g/mol. The van der Waals surface area contributed by atoms with Crippen LogP contribution in [0.4, 0.5) is 13.2 Å². The summed E-state index contributed by atoms with van der Waals surface area (Å²) in [5.74, 6) is 0. The number of hydrogen-bond donors (Lipinski definition) is 1. The Morgan fingerprint density at radius 3 is 2.33 bits per heavy atom. The van der Waals surface area contributed by atoms with Crippen LogP contribution >= 0.6 is 0 Å². The molecule has 2 rings (SSSR count). The third kappa shape index (κ3) is 2.01. The Bertz CT molecular complexity index is 562. The zero-order valence-corrected chi connectivity index (χ0v) is 10.4. The first-order valence-corrected chi connectivity index (χ1v) is 6.82. The van der Waals surface area contributed by atoms with E-state index in [1.807, 2.05) is 0 Å². The van der Waals surface area contributed by atoms with Crippen molar-refractivity contribution in [3.05, 3.63) is 29.8 Å². The van der Waals surface area contributed by atoms with Crippen molar-refractivity contribution < 1.29 is 21.6 Å². The summed E-state index contributed by atoms with van der Waals surface area (Å²) in [6, 6.07) is 5.05. The van der Waals surface area contributed by atoms with Crippen molar-refractivity contribution in [2.75, 3.05) is 7.05 Å². The molecule has 0 amide bonds. The van der Waals surface area contributed by atoms with Gasteiger partial charge in [0.15, 0.2) is 0 Å². The van der Waals surface area contributed by atoms with Gasteiger partial charge >= 0.3 is 5.51 Å². The van der Waals surface area contributed by atoms with Crippen LogP contribution in [0.2, 0.25) is 0 Å². The molecule has 0 unspecified atom stereocenters. The summed E-state index contributed by atoms with van der Waals surface area (Å²) in [7, 11) is -3.56.